The second-order valence-electron chi connectivity index (χ2n) is 5.44. The van der Waals surface area contributed by atoms with Crippen LogP contribution >= 0.6 is 0 Å². The Morgan fingerprint density at radius 3 is 2.38 bits per heavy atom. The first-order valence-electron chi connectivity index (χ1n) is 7.32. The summed E-state index contributed by atoms with van der Waals surface area (Å²) >= 11 is 0. The van der Waals surface area contributed by atoms with Crippen LogP contribution in [0.1, 0.15) is 25.3 Å². The predicted octanol–water partition coefficient (Wildman–Crippen LogP) is 3.23. The van der Waals surface area contributed by atoms with Crippen LogP contribution < -0.4 is 10.1 Å². The average molecular weight is 372 g/mol. The molecule has 0 radical (unpaired) electrons. The molecular formula is C16H15F3N2O5. The van der Waals surface area contributed by atoms with Crippen molar-refractivity contribution in [1.82, 2.24) is 5.32 Å². The molecule has 1 heterocycles. The fourth-order valence-corrected chi connectivity index (χ4v) is 2.85. The normalized spacial score (nSPS) is 17.7. The number of rotatable bonds is 4. The van der Waals surface area contributed by atoms with Gasteiger partial charge in [0, 0.05) is 11.3 Å². The van der Waals surface area contributed by atoms with E-state index in [0.29, 0.717) is 0 Å². The zero-order valence-electron chi connectivity index (χ0n) is 14.0. The van der Waals surface area contributed by atoms with E-state index in [4.69, 9.17) is 0 Å². The minimum atomic E-state index is -5.00. The zero-order chi connectivity index (χ0) is 19.6. The molecule has 0 aliphatic carbocycles. The molecule has 1 unspecified atom stereocenters. The van der Waals surface area contributed by atoms with E-state index in [1.807, 2.05) is 0 Å². The van der Waals surface area contributed by atoms with Gasteiger partial charge in [0.2, 0.25) is 0 Å². The number of carbonyl (C=O) groups excluding carboxylic acids is 1. The van der Waals surface area contributed by atoms with Gasteiger partial charge in [0.1, 0.15) is 11.7 Å². The van der Waals surface area contributed by atoms with Crippen molar-refractivity contribution in [3.63, 3.8) is 0 Å². The lowest BCUT2D eigenvalue weighted by Gasteiger charge is -2.27. The van der Waals surface area contributed by atoms with Gasteiger partial charge in [0.25, 0.3) is 5.70 Å². The number of nitrogens with zero attached hydrogens (tertiary/aromatic N) is 1. The van der Waals surface area contributed by atoms with Crippen molar-refractivity contribution in [2.75, 3.05) is 7.11 Å². The van der Waals surface area contributed by atoms with Crippen molar-refractivity contribution in [3.05, 3.63) is 62.6 Å². The smallest absolute Gasteiger partial charge is 0.466 e. The number of hydrogen-bond acceptors (Lipinski definition) is 6. The van der Waals surface area contributed by atoms with Crippen molar-refractivity contribution in [3.8, 4) is 5.75 Å². The van der Waals surface area contributed by atoms with Gasteiger partial charge in [-0.25, -0.2) is 4.79 Å². The Labute approximate surface area is 146 Å². The predicted molar refractivity (Wildman–Crippen MR) is 83.4 cm³/mol. The topological polar surface area (TPSA) is 90.7 Å². The largest absolute Gasteiger partial charge is 0.573 e. The summed E-state index contributed by atoms with van der Waals surface area (Å²) in [5.41, 5.74) is -0.451. The highest BCUT2D eigenvalue weighted by Gasteiger charge is 2.43. The van der Waals surface area contributed by atoms with Crippen molar-refractivity contribution in [2.24, 2.45) is 0 Å². The summed E-state index contributed by atoms with van der Waals surface area (Å²) in [6.45, 7) is 2.88. The first-order valence-corrected chi connectivity index (χ1v) is 7.32. The van der Waals surface area contributed by atoms with Crippen molar-refractivity contribution < 1.29 is 32.4 Å². The number of allylic oxidation sites excluding steroid dienone is 3. The highest BCUT2D eigenvalue weighted by Crippen LogP contribution is 2.43. The molecule has 0 saturated carbocycles. The minimum Gasteiger partial charge on any atom is -0.466 e. The third-order valence-corrected chi connectivity index (χ3v) is 3.78. The van der Waals surface area contributed by atoms with Crippen LogP contribution in [0.15, 0.2) is 46.9 Å². The average Bonchev–Trinajstić information content (AvgIpc) is 2.52. The zero-order valence-corrected chi connectivity index (χ0v) is 14.0. The number of nitrogens with one attached hydrogen (secondary N) is 1. The summed E-state index contributed by atoms with van der Waals surface area (Å²) < 4.78 is 46.9. The SMILES string of the molecule is COC(=O)C1=C(C)NC(C)=C([N+](=O)[O-])C1c1ccccc1OC(F)(F)F. The second kappa shape index (κ2) is 7.06. The number of benzene rings is 1. The number of hydrogen-bond donors (Lipinski definition) is 1. The number of carbonyl (C=O) groups is 1. The summed E-state index contributed by atoms with van der Waals surface area (Å²) in [7, 11) is 1.08. The monoisotopic (exact) mass is 372 g/mol. The molecule has 26 heavy (non-hydrogen) atoms. The van der Waals surface area contributed by atoms with Gasteiger partial charge in [-0.1, -0.05) is 18.2 Å². The third-order valence-electron chi connectivity index (χ3n) is 3.78. The Bertz CT molecular complexity index is 814. The molecule has 0 spiro atoms. The van der Waals surface area contributed by atoms with Gasteiger partial charge >= 0.3 is 12.3 Å². The molecule has 140 valence electrons. The number of ether oxygens (including phenoxy) is 2. The Morgan fingerprint density at radius 2 is 1.85 bits per heavy atom. The highest BCUT2D eigenvalue weighted by atomic mass is 19.4. The maximum Gasteiger partial charge on any atom is 0.573 e. The molecule has 2 rings (SSSR count). The molecule has 1 aliphatic heterocycles. The number of methoxy groups -OCH3 is 1. The molecular weight excluding hydrogens is 357 g/mol. The van der Waals surface area contributed by atoms with Crippen LogP contribution in [0.5, 0.6) is 5.75 Å². The Kier molecular flexibility index (Phi) is 5.24. The van der Waals surface area contributed by atoms with Crippen LogP contribution in [0.25, 0.3) is 0 Å². The second-order valence-corrected chi connectivity index (χ2v) is 5.44. The van der Waals surface area contributed by atoms with Gasteiger partial charge in [0.15, 0.2) is 0 Å². The van der Waals surface area contributed by atoms with Gasteiger partial charge in [-0.3, -0.25) is 10.1 Å². The molecule has 0 amide bonds. The highest BCUT2D eigenvalue weighted by molar-refractivity contribution is 5.92. The number of para-hydroxylation sites is 1. The minimum absolute atomic E-state index is 0.104. The Morgan fingerprint density at radius 1 is 1.23 bits per heavy atom. The summed E-state index contributed by atoms with van der Waals surface area (Å²) in [5, 5.41) is 14.3. The van der Waals surface area contributed by atoms with Gasteiger partial charge in [-0.2, -0.15) is 0 Å². The third kappa shape index (κ3) is 3.79. The van der Waals surface area contributed by atoms with Crippen LogP contribution in [-0.2, 0) is 9.53 Å². The van der Waals surface area contributed by atoms with Gasteiger partial charge in [-0.15, -0.1) is 13.2 Å². The lowest BCUT2D eigenvalue weighted by atomic mass is 9.83. The number of nitro groups is 1. The number of dihydropyridines is 1. The maximum absolute atomic E-state index is 12.7. The van der Waals surface area contributed by atoms with Gasteiger partial charge in [-0.05, 0) is 19.9 Å². The number of alkyl halides is 3. The van der Waals surface area contributed by atoms with Crippen LogP contribution in [-0.4, -0.2) is 24.4 Å². The van der Waals surface area contributed by atoms with Crippen molar-refractivity contribution >= 4 is 5.97 Å². The summed E-state index contributed by atoms with van der Waals surface area (Å²) in [4.78, 5) is 23.0. The first-order chi connectivity index (χ1) is 12.1. The molecule has 0 bridgehead atoms. The summed E-state index contributed by atoms with van der Waals surface area (Å²) in [6.07, 6.45) is -5.00. The van der Waals surface area contributed by atoms with Crippen LogP contribution in [0, 0.1) is 10.1 Å². The number of esters is 1. The quantitative estimate of drug-likeness (QED) is 0.496. The lowest BCUT2D eigenvalue weighted by molar-refractivity contribution is -0.431. The van der Waals surface area contributed by atoms with Crippen LogP contribution in [0.3, 0.4) is 0 Å². The maximum atomic E-state index is 12.7. The van der Waals surface area contributed by atoms with E-state index in [0.717, 1.165) is 13.2 Å². The van der Waals surface area contributed by atoms with Gasteiger partial charge in [0.05, 0.1) is 23.3 Å². The summed E-state index contributed by atoms with van der Waals surface area (Å²) in [6, 6.07) is 4.96. The molecule has 0 fully saturated rings. The van der Waals surface area contributed by atoms with E-state index in [-0.39, 0.29) is 22.5 Å². The standard InChI is InChI=1S/C16H15F3N2O5/c1-8-12(15(22)25-3)13(14(21(23)24)9(2)20-8)10-6-4-5-7-11(10)26-16(17,18)19/h4-7,13,20H,1-3H3. The molecule has 1 atom stereocenters. The van der Waals surface area contributed by atoms with E-state index >= 15 is 0 Å². The molecule has 0 aromatic heterocycles. The molecule has 0 saturated heterocycles. The fourth-order valence-electron chi connectivity index (χ4n) is 2.85. The molecule has 1 N–H and O–H groups in total. The Balaban J connectivity index is 2.74. The Hall–Kier alpha value is -3.04. The van der Waals surface area contributed by atoms with E-state index in [1.54, 1.807) is 0 Å². The summed E-state index contributed by atoms with van der Waals surface area (Å²) in [5.74, 6) is -2.92. The molecule has 10 heteroatoms. The molecule has 1 aromatic carbocycles. The van der Waals surface area contributed by atoms with Crippen LogP contribution in [0.2, 0.25) is 0 Å². The molecule has 7 nitrogen and oxygen atoms in total. The van der Waals surface area contributed by atoms with E-state index < -0.39 is 34.6 Å². The van der Waals surface area contributed by atoms with Crippen molar-refractivity contribution in [1.29, 1.82) is 0 Å². The van der Waals surface area contributed by atoms with Crippen LogP contribution in [0.4, 0.5) is 13.2 Å². The lowest BCUT2D eigenvalue weighted by Crippen LogP contribution is -2.32. The number of halogens is 3. The first kappa shape index (κ1) is 19.3. The van der Waals surface area contributed by atoms with E-state index in [9.17, 15) is 28.1 Å². The van der Waals surface area contributed by atoms with E-state index in [1.165, 1.54) is 32.0 Å². The molecule has 1 aliphatic rings. The fraction of sp³-hybridized carbons (Fsp3) is 0.312. The molecule has 1 aromatic rings. The van der Waals surface area contributed by atoms with Gasteiger partial charge < -0.3 is 14.8 Å². The van der Waals surface area contributed by atoms with E-state index in [2.05, 4.69) is 14.8 Å². The van der Waals surface area contributed by atoms with Crippen molar-refractivity contribution in [2.45, 2.75) is 26.1 Å².